The van der Waals surface area contributed by atoms with Gasteiger partial charge in [-0.15, -0.1) is 10.2 Å². The quantitative estimate of drug-likeness (QED) is 0.864. The lowest BCUT2D eigenvalue weighted by Gasteiger charge is -2.24. The minimum absolute atomic E-state index is 0.193. The van der Waals surface area contributed by atoms with E-state index in [-0.39, 0.29) is 11.9 Å². The summed E-state index contributed by atoms with van der Waals surface area (Å²) in [5.41, 5.74) is 5.81. The second kappa shape index (κ2) is 7.68. The van der Waals surface area contributed by atoms with Crippen molar-refractivity contribution in [3.05, 3.63) is 0 Å². The van der Waals surface area contributed by atoms with Crippen LogP contribution in [-0.2, 0) is 4.79 Å². The Morgan fingerprint density at radius 3 is 2.43 bits per heavy atom. The van der Waals surface area contributed by atoms with E-state index in [9.17, 15) is 4.79 Å². The third kappa shape index (κ3) is 4.36. The number of anilines is 1. The maximum atomic E-state index is 12.3. The van der Waals surface area contributed by atoms with Gasteiger partial charge in [0.1, 0.15) is 0 Å². The largest absolute Gasteiger partial charge is 0.368 e. The lowest BCUT2D eigenvalue weighted by atomic mass is 10.1. The number of amides is 1. The zero-order valence-corrected chi connectivity index (χ0v) is 13.7. The van der Waals surface area contributed by atoms with Gasteiger partial charge in [-0.05, 0) is 26.7 Å². The van der Waals surface area contributed by atoms with Crippen molar-refractivity contribution in [1.29, 1.82) is 0 Å². The summed E-state index contributed by atoms with van der Waals surface area (Å²) in [6.45, 7) is 5.84. The van der Waals surface area contributed by atoms with E-state index in [2.05, 4.69) is 10.2 Å². The monoisotopic (exact) mass is 311 g/mol. The molecule has 1 fully saturated rings. The van der Waals surface area contributed by atoms with Crippen LogP contribution in [0.25, 0.3) is 0 Å². The molecule has 0 atom stereocenters. The van der Waals surface area contributed by atoms with Crippen LogP contribution in [-0.4, -0.2) is 44.4 Å². The number of hydrogen-bond donors (Lipinski definition) is 1. The molecule has 0 bridgehead atoms. The van der Waals surface area contributed by atoms with Gasteiger partial charge in [0.15, 0.2) is 5.16 Å². The van der Waals surface area contributed by atoms with Crippen LogP contribution < -0.4 is 5.73 Å². The van der Waals surface area contributed by atoms with E-state index >= 15 is 0 Å². The number of rotatable bonds is 4. The zero-order valence-electron chi connectivity index (χ0n) is 12.9. The van der Waals surface area contributed by atoms with Gasteiger partial charge in [-0.25, -0.2) is 0 Å². The van der Waals surface area contributed by atoms with Crippen LogP contribution >= 0.6 is 11.8 Å². The first-order valence-electron chi connectivity index (χ1n) is 7.70. The maximum Gasteiger partial charge on any atom is 0.233 e. The molecule has 1 aromatic rings. The molecular weight excluding hydrogens is 286 g/mol. The second-order valence-corrected chi connectivity index (χ2v) is 6.68. The van der Waals surface area contributed by atoms with Crippen LogP contribution in [0.1, 0.15) is 52.0 Å². The third-order valence-electron chi connectivity index (χ3n) is 3.74. The highest BCUT2D eigenvalue weighted by Gasteiger charge is 2.18. The molecule has 1 amide bonds. The summed E-state index contributed by atoms with van der Waals surface area (Å²) < 4.78 is 1.87. The highest BCUT2D eigenvalue weighted by molar-refractivity contribution is 7.99. The Morgan fingerprint density at radius 2 is 1.81 bits per heavy atom. The first-order chi connectivity index (χ1) is 10.1. The van der Waals surface area contributed by atoms with Crippen LogP contribution in [0.15, 0.2) is 5.16 Å². The normalized spacial score (nSPS) is 16.8. The van der Waals surface area contributed by atoms with Crippen molar-refractivity contribution >= 4 is 23.6 Å². The summed E-state index contributed by atoms with van der Waals surface area (Å²) in [4.78, 5) is 14.3. The summed E-state index contributed by atoms with van der Waals surface area (Å²) >= 11 is 1.43. The van der Waals surface area contributed by atoms with Crippen molar-refractivity contribution in [3.8, 4) is 0 Å². The molecule has 1 saturated heterocycles. The number of nitrogen functional groups attached to an aromatic ring is 1. The second-order valence-electron chi connectivity index (χ2n) is 5.74. The van der Waals surface area contributed by atoms with Crippen molar-refractivity contribution in [1.82, 2.24) is 19.7 Å². The number of likely N-dealkylation sites (tertiary alicyclic amines) is 1. The molecule has 7 heteroatoms. The average molecular weight is 311 g/mol. The molecule has 2 rings (SSSR count). The van der Waals surface area contributed by atoms with E-state index < -0.39 is 0 Å². The number of nitrogens with two attached hydrogens (primary N) is 1. The molecular formula is C14H25N5OS. The van der Waals surface area contributed by atoms with E-state index in [1.807, 2.05) is 23.3 Å². The molecule has 0 aliphatic carbocycles. The molecule has 0 saturated carbocycles. The van der Waals surface area contributed by atoms with Crippen molar-refractivity contribution in [2.45, 2.75) is 57.1 Å². The van der Waals surface area contributed by atoms with Gasteiger partial charge in [0.2, 0.25) is 11.9 Å². The lowest BCUT2D eigenvalue weighted by molar-refractivity contribution is -0.128. The van der Waals surface area contributed by atoms with E-state index in [1.54, 1.807) is 0 Å². The lowest BCUT2D eigenvalue weighted by Crippen LogP contribution is -2.35. The van der Waals surface area contributed by atoms with Crippen LogP contribution in [0, 0.1) is 0 Å². The van der Waals surface area contributed by atoms with Crippen molar-refractivity contribution < 1.29 is 4.79 Å². The summed E-state index contributed by atoms with van der Waals surface area (Å²) in [5, 5.41) is 8.69. The molecule has 6 nitrogen and oxygen atoms in total. The summed E-state index contributed by atoms with van der Waals surface area (Å²) in [5.74, 6) is 1.01. The highest BCUT2D eigenvalue weighted by atomic mass is 32.2. The SMILES string of the molecule is CC(C)n1c(N)nnc1SCC(=O)N1CCCCCCC1. The molecule has 118 valence electrons. The Morgan fingerprint density at radius 1 is 1.19 bits per heavy atom. The predicted molar refractivity (Wildman–Crippen MR) is 85.2 cm³/mol. The number of nitrogens with zero attached hydrogens (tertiary/aromatic N) is 4. The zero-order chi connectivity index (χ0) is 15.2. The average Bonchev–Trinajstić information content (AvgIpc) is 2.77. The molecule has 1 aliphatic rings. The Balaban J connectivity index is 1.91. The van der Waals surface area contributed by atoms with Gasteiger partial charge < -0.3 is 10.6 Å². The predicted octanol–water partition coefficient (Wildman–Crippen LogP) is 2.33. The fourth-order valence-electron chi connectivity index (χ4n) is 2.59. The van der Waals surface area contributed by atoms with Gasteiger partial charge in [0.05, 0.1) is 5.75 Å². The first-order valence-corrected chi connectivity index (χ1v) is 8.69. The van der Waals surface area contributed by atoms with E-state index in [0.717, 1.165) is 31.1 Å². The number of thioether (sulfide) groups is 1. The molecule has 2 N–H and O–H groups in total. The Labute approximate surface area is 130 Å². The Hall–Kier alpha value is -1.24. The molecule has 1 aliphatic heterocycles. The van der Waals surface area contributed by atoms with E-state index in [4.69, 9.17) is 5.73 Å². The fraction of sp³-hybridized carbons (Fsp3) is 0.786. The number of carbonyl (C=O) groups excluding carboxylic acids is 1. The minimum Gasteiger partial charge on any atom is -0.368 e. The molecule has 2 heterocycles. The van der Waals surface area contributed by atoms with Gasteiger partial charge in [-0.1, -0.05) is 31.0 Å². The molecule has 0 aromatic carbocycles. The van der Waals surface area contributed by atoms with E-state index in [1.165, 1.54) is 31.0 Å². The number of carbonyl (C=O) groups is 1. The summed E-state index contributed by atoms with van der Waals surface area (Å²) in [6, 6.07) is 0.194. The molecule has 0 unspecified atom stereocenters. The number of hydrogen-bond acceptors (Lipinski definition) is 5. The molecule has 1 aromatic heterocycles. The van der Waals surface area contributed by atoms with Crippen molar-refractivity contribution in [2.75, 3.05) is 24.6 Å². The standard InChI is InChI=1S/C14H25N5OS/c1-11(2)19-13(15)16-17-14(19)21-10-12(20)18-8-6-4-3-5-7-9-18/h11H,3-10H2,1-2H3,(H2,15,16). The van der Waals surface area contributed by atoms with Crippen LogP contribution in [0.2, 0.25) is 0 Å². The Bertz CT molecular complexity index is 466. The molecule has 21 heavy (non-hydrogen) atoms. The van der Waals surface area contributed by atoms with Crippen molar-refractivity contribution in [2.24, 2.45) is 0 Å². The topological polar surface area (TPSA) is 77.0 Å². The third-order valence-corrected chi connectivity index (χ3v) is 4.67. The van der Waals surface area contributed by atoms with Gasteiger partial charge in [0.25, 0.3) is 0 Å². The first kappa shape index (κ1) is 16.1. The molecule has 0 spiro atoms. The number of aromatic nitrogens is 3. The van der Waals surface area contributed by atoms with Gasteiger partial charge in [-0.3, -0.25) is 9.36 Å². The van der Waals surface area contributed by atoms with Gasteiger partial charge >= 0.3 is 0 Å². The summed E-state index contributed by atoms with van der Waals surface area (Å²) in [6.07, 6.45) is 5.99. The smallest absolute Gasteiger partial charge is 0.233 e. The summed E-state index contributed by atoms with van der Waals surface area (Å²) in [7, 11) is 0. The van der Waals surface area contributed by atoms with Gasteiger partial charge in [-0.2, -0.15) is 0 Å². The van der Waals surface area contributed by atoms with Crippen LogP contribution in [0.5, 0.6) is 0 Å². The molecule has 0 radical (unpaired) electrons. The van der Waals surface area contributed by atoms with E-state index in [0.29, 0.717) is 11.7 Å². The maximum absolute atomic E-state index is 12.3. The van der Waals surface area contributed by atoms with Gasteiger partial charge in [0, 0.05) is 19.1 Å². The highest BCUT2D eigenvalue weighted by Crippen LogP contribution is 2.23. The Kier molecular flexibility index (Phi) is 5.90. The van der Waals surface area contributed by atoms with Crippen LogP contribution in [0.4, 0.5) is 5.95 Å². The fourth-order valence-corrected chi connectivity index (χ4v) is 3.56. The minimum atomic E-state index is 0.193. The van der Waals surface area contributed by atoms with Crippen molar-refractivity contribution in [3.63, 3.8) is 0 Å². The van der Waals surface area contributed by atoms with Crippen LogP contribution in [0.3, 0.4) is 0 Å².